The van der Waals surface area contributed by atoms with Gasteiger partial charge in [0.15, 0.2) is 0 Å². The highest BCUT2D eigenvalue weighted by atomic mass is 32.2. The van der Waals surface area contributed by atoms with Gasteiger partial charge in [0.2, 0.25) is 5.95 Å². The molecule has 1 saturated heterocycles. The zero-order valence-electron chi connectivity index (χ0n) is 22.3. The number of amides is 1. The first-order valence-corrected chi connectivity index (χ1v) is 14.2. The molecular formula is C30H30FN7OS. The summed E-state index contributed by atoms with van der Waals surface area (Å²) in [5.74, 6) is 0.830. The molecule has 6 rings (SSSR count). The molecule has 1 fully saturated rings. The Morgan fingerprint density at radius 3 is 2.62 bits per heavy atom. The third-order valence-electron chi connectivity index (χ3n) is 7.51. The molecule has 2 aliphatic rings. The van der Waals surface area contributed by atoms with E-state index in [0.717, 1.165) is 49.3 Å². The highest BCUT2D eigenvalue weighted by Gasteiger charge is 2.41. The quantitative estimate of drug-likeness (QED) is 0.228. The number of nitrogens with zero attached hydrogens (tertiary/aromatic N) is 5. The lowest BCUT2D eigenvalue weighted by Gasteiger charge is -2.34. The van der Waals surface area contributed by atoms with Crippen molar-refractivity contribution >= 4 is 29.5 Å². The first-order valence-electron chi connectivity index (χ1n) is 13.4. The Morgan fingerprint density at radius 2 is 1.80 bits per heavy atom. The predicted octanol–water partition coefficient (Wildman–Crippen LogP) is 6.06. The summed E-state index contributed by atoms with van der Waals surface area (Å²) in [6, 6.07) is 19.8. The molecule has 4 aromatic heterocycles. The van der Waals surface area contributed by atoms with Crippen molar-refractivity contribution in [3.05, 3.63) is 90.1 Å². The summed E-state index contributed by atoms with van der Waals surface area (Å²) in [5, 5.41) is 4.24. The van der Waals surface area contributed by atoms with Gasteiger partial charge in [0, 0.05) is 30.2 Å². The number of halogens is 1. The maximum absolute atomic E-state index is 13.9. The van der Waals surface area contributed by atoms with Gasteiger partial charge < -0.3 is 10.2 Å². The zero-order chi connectivity index (χ0) is 27.7. The molecule has 40 heavy (non-hydrogen) atoms. The van der Waals surface area contributed by atoms with Gasteiger partial charge in [0.05, 0.1) is 28.7 Å². The first-order chi connectivity index (χ1) is 19.4. The molecule has 0 aromatic carbocycles. The third kappa shape index (κ3) is 5.49. The number of hydrogen-bond donors (Lipinski definition) is 2. The fourth-order valence-electron chi connectivity index (χ4n) is 5.64. The van der Waals surface area contributed by atoms with Crippen molar-refractivity contribution in [1.29, 1.82) is 0 Å². The molecule has 1 amide bonds. The van der Waals surface area contributed by atoms with Crippen LogP contribution in [0.5, 0.6) is 0 Å². The average Bonchev–Trinajstić information content (AvgIpc) is 3.27. The van der Waals surface area contributed by atoms with Crippen molar-refractivity contribution in [2.24, 2.45) is 5.92 Å². The number of anilines is 2. The molecule has 204 valence electrons. The lowest BCUT2D eigenvalue weighted by Crippen LogP contribution is -2.40. The molecule has 2 atom stereocenters. The van der Waals surface area contributed by atoms with E-state index in [-0.39, 0.29) is 17.5 Å². The lowest BCUT2D eigenvalue weighted by atomic mass is 9.91. The Kier molecular flexibility index (Phi) is 7.10. The van der Waals surface area contributed by atoms with Gasteiger partial charge in [0.1, 0.15) is 16.7 Å². The SMILES string of the molecule is CC1(C)CC2CCC(c3ccccn3)Nc3cccc(n3)SNC(=O)c3ccc(-c4cccc(F)n4)nc3N1C2. The second-order valence-electron chi connectivity index (χ2n) is 10.8. The topological polar surface area (TPSA) is 95.9 Å². The molecule has 6 heterocycles. The van der Waals surface area contributed by atoms with Gasteiger partial charge in [-0.3, -0.25) is 14.5 Å². The number of carbonyl (C=O) groups is 1. The van der Waals surface area contributed by atoms with E-state index in [4.69, 9.17) is 9.97 Å². The molecule has 0 spiro atoms. The Balaban J connectivity index is 1.41. The highest BCUT2D eigenvalue weighted by molar-refractivity contribution is 7.97. The molecule has 10 heteroatoms. The molecule has 2 aliphatic heterocycles. The monoisotopic (exact) mass is 555 g/mol. The fraction of sp³-hybridized carbons (Fsp3) is 0.300. The van der Waals surface area contributed by atoms with Crippen LogP contribution in [0.25, 0.3) is 11.4 Å². The molecule has 4 bridgehead atoms. The van der Waals surface area contributed by atoms with Gasteiger partial charge in [-0.05, 0) is 87.6 Å². The number of carbonyl (C=O) groups excluding carboxylic acids is 1. The number of fused-ring (bicyclic) bond motifs is 6. The normalized spacial score (nSPS) is 20.5. The van der Waals surface area contributed by atoms with Gasteiger partial charge in [-0.15, -0.1) is 0 Å². The van der Waals surface area contributed by atoms with E-state index < -0.39 is 5.95 Å². The highest BCUT2D eigenvalue weighted by Crippen LogP contribution is 2.41. The first kappa shape index (κ1) is 26.2. The Hall–Kier alpha value is -4.05. The van der Waals surface area contributed by atoms with Gasteiger partial charge in [-0.25, -0.2) is 15.0 Å². The smallest absolute Gasteiger partial charge is 0.265 e. The number of rotatable bonds is 2. The molecule has 0 saturated carbocycles. The van der Waals surface area contributed by atoms with Crippen LogP contribution in [0.15, 0.2) is 78.0 Å². The van der Waals surface area contributed by atoms with Gasteiger partial charge in [-0.2, -0.15) is 4.39 Å². The maximum atomic E-state index is 13.9. The molecule has 2 N–H and O–H groups in total. The third-order valence-corrected chi connectivity index (χ3v) is 8.24. The minimum atomic E-state index is -0.572. The lowest BCUT2D eigenvalue weighted by molar-refractivity contribution is 0.0984. The Bertz CT molecular complexity index is 1530. The molecule has 4 aromatic rings. The van der Waals surface area contributed by atoms with E-state index in [9.17, 15) is 9.18 Å². The second-order valence-corrected chi connectivity index (χ2v) is 11.7. The van der Waals surface area contributed by atoms with E-state index in [0.29, 0.717) is 33.7 Å². The van der Waals surface area contributed by atoms with E-state index in [1.165, 1.54) is 6.07 Å². The van der Waals surface area contributed by atoms with Crippen LogP contribution in [0.1, 0.15) is 55.2 Å². The summed E-state index contributed by atoms with van der Waals surface area (Å²) in [7, 11) is 0. The van der Waals surface area contributed by atoms with E-state index in [1.54, 1.807) is 24.3 Å². The van der Waals surface area contributed by atoms with Gasteiger partial charge in [-0.1, -0.05) is 18.2 Å². The standard InChI is InChI=1S/C30H30FN7OS/c1-30(2)17-19-12-14-23(21-7-3-4-16-32-21)34-26-10-6-11-27(36-26)40-37-29(39)20-13-15-24(35-28(20)38(30)18-19)22-8-5-9-25(31)33-22/h3-11,13,15-16,19,23H,12,14,17-18H2,1-2H3,(H,34,36)(H,37,39). The zero-order valence-corrected chi connectivity index (χ0v) is 23.2. The molecular weight excluding hydrogens is 525 g/mol. The molecule has 0 radical (unpaired) electrons. The van der Waals surface area contributed by atoms with Crippen LogP contribution in [0, 0.1) is 11.9 Å². The summed E-state index contributed by atoms with van der Waals surface area (Å²) >= 11 is 1.16. The summed E-state index contributed by atoms with van der Waals surface area (Å²) in [5.41, 5.74) is 2.12. The fourth-order valence-corrected chi connectivity index (χ4v) is 6.24. The van der Waals surface area contributed by atoms with Crippen LogP contribution < -0.4 is 14.9 Å². The minimum absolute atomic E-state index is 0.0121. The molecule has 8 nitrogen and oxygen atoms in total. The second kappa shape index (κ2) is 10.8. The van der Waals surface area contributed by atoms with Crippen molar-refractivity contribution in [3.8, 4) is 11.4 Å². The van der Waals surface area contributed by atoms with Crippen molar-refractivity contribution < 1.29 is 9.18 Å². The van der Waals surface area contributed by atoms with Crippen molar-refractivity contribution in [1.82, 2.24) is 24.7 Å². The number of pyridine rings is 4. The van der Waals surface area contributed by atoms with Crippen LogP contribution in [-0.2, 0) is 0 Å². The van der Waals surface area contributed by atoms with E-state index in [2.05, 4.69) is 38.8 Å². The predicted molar refractivity (Wildman–Crippen MR) is 154 cm³/mol. The average molecular weight is 556 g/mol. The largest absolute Gasteiger partial charge is 0.362 e. The molecule has 2 unspecified atom stereocenters. The summed E-state index contributed by atoms with van der Waals surface area (Å²) in [6.07, 6.45) is 4.58. The van der Waals surface area contributed by atoms with Gasteiger partial charge in [0.25, 0.3) is 5.91 Å². The van der Waals surface area contributed by atoms with Crippen LogP contribution in [0.3, 0.4) is 0 Å². The van der Waals surface area contributed by atoms with Gasteiger partial charge >= 0.3 is 0 Å². The van der Waals surface area contributed by atoms with Crippen molar-refractivity contribution in [3.63, 3.8) is 0 Å². The number of nitrogens with one attached hydrogen (secondary N) is 2. The van der Waals surface area contributed by atoms with Crippen LogP contribution in [0.2, 0.25) is 0 Å². The van der Waals surface area contributed by atoms with Crippen LogP contribution in [0.4, 0.5) is 16.0 Å². The van der Waals surface area contributed by atoms with Crippen LogP contribution in [-0.4, -0.2) is 37.9 Å². The number of aromatic nitrogens is 4. The Labute approximate surface area is 237 Å². The number of hydrogen-bond acceptors (Lipinski definition) is 8. The van der Waals surface area contributed by atoms with Crippen molar-refractivity contribution in [2.45, 2.75) is 49.7 Å². The molecule has 0 aliphatic carbocycles. The Morgan fingerprint density at radius 1 is 0.950 bits per heavy atom. The summed E-state index contributed by atoms with van der Waals surface area (Å²) in [6.45, 7) is 5.11. The van der Waals surface area contributed by atoms with E-state index >= 15 is 0 Å². The summed E-state index contributed by atoms with van der Waals surface area (Å²) < 4.78 is 16.9. The van der Waals surface area contributed by atoms with E-state index in [1.807, 2.05) is 42.6 Å². The minimum Gasteiger partial charge on any atom is -0.362 e. The summed E-state index contributed by atoms with van der Waals surface area (Å²) in [4.78, 5) is 34.0. The van der Waals surface area contributed by atoms with Crippen molar-refractivity contribution in [2.75, 3.05) is 16.8 Å². The van der Waals surface area contributed by atoms with Crippen LogP contribution >= 0.6 is 11.9 Å². The maximum Gasteiger partial charge on any atom is 0.265 e.